The number of anilines is 1. The number of rotatable bonds is 4. The van der Waals surface area contributed by atoms with Crippen LogP contribution in [0, 0.1) is 0 Å². The normalized spacial score (nSPS) is 21.4. The van der Waals surface area contributed by atoms with Gasteiger partial charge in [-0.1, -0.05) is 19.1 Å². The number of nitrogen functional groups attached to an aromatic ring is 1. The standard InChI is InChI=1S/C13H20N2O2S2/c1-2-13-9-15(6-7-18-13)19(16,17)10-11-4-3-5-12(14)8-11/h3-5,8,13H,2,6-7,9-10,14H2,1H3. The van der Waals surface area contributed by atoms with Gasteiger partial charge in [0.25, 0.3) is 0 Å². The van der Waals surface area contributed by atoms with Crippen molar-refractivity contribution in [2.75, 3.05) is 24.6 Å². The highest BCUT2D eigenvalue weighted by atomic mass is 32.2. The molecule has 1 aromatic rings. The summed E-state index contributed by atoms with van der Waals surface area (Å²) >= 11 is 1.87. The zero-order chi connectivity index (χ0) is 13.9. The Morgan fingerprint density at radius 2 is 2.26 bits per heavy atom. The molecule has 106 valence electrons. The van der Waals surface area contributed by atoms with E-state index in [1.54, 1.807) is 22.5 Å². The molecule has 0 saturated carbocycles. The van der Waals surface area contributed by atoms with Crippen LogP contribution in [-0.4, -0.2) is 36.8 Å². The fraction of sp³-hybridized carbons (Fsp3) is 0.538. The first-order chi connectivity index (χ1) is 9.01. The van der Waals surface area contributed by atoms with Crippen LogP contribution in [0.1, 0.15) is 18.9 Å². The average Bonchev–Trinajstić information content (AvgIpc) is 2.38. The van der Waals surface area contributed by atoms with E-state index < -0.39 is 10.0 Å². The molecule has 0 aromatic heterocycles. The summed E-state index contributed by atoms with van der Waals surface area (Å²) in [5, 5.41) is 0.421. The molecule has 0 bridgehead atoms. The van der Waals surface area contributed by atoms with Crippen molar-refractivity contribution >= 4 is 27.5 Å². The Hall–Kier alpha value is -0.720. The summed E-state index contributed by atoms with van der Waals surface area (Å²) in [5.41, 5.74) is 7.05. The summed E-state index contributed by atoms with van der Waals surface area (Å²) in [7, 11) is -3.23. The second-order valence-corrected chi connectivity index (χ2v) is 8.14. The highest BCUT2D eigenvalue weighted by molar-refractivity contribution is 8.00. The number of hydrogen-bond donors (Lipinski definition) is 1. The predicted molar refractivity (Wildman–Crippen MR) is 81.6 cm³/mol. The maximum atomic E-state index is 12.4. The van der Waals surface area contributed by atoms with E-state index in [1.807, 2.05) is 17.8 Å². The van der Waals surface area contributed by atoms with E-state index in [1.165, 1.54) is 0 Å². The van der Waals surface area contributed by atoms with Gasteiger partial charge in [0.15, 0.2) is 0 Å². The maximum Gasteiger partial charge on any atom is 0.218 e. The van der Waals surface area contributed by atoms with E-state index in [9.17, 15) is 8.42 Å². The van der Waals surface area contributed by atoms with Crippen LogP contribution in [0.15, 0.2) is 24.3 Å². The lowest BCUT2D eigenvalue weighted by Crippen LogP contribution is -2.42. The first-order valence-corrected chi connectivity index (χ1v) is 9.11. The van der Waals surface area contributed by atoms with Crippen LogP contribution in [0.5, 0.6) is 0 Å². The summed E-state index contributed by atoms with van der Waals surface area (Å²) in [6.07, 6.45) is 1.01. The molecule has 0 spiro atoms. The van der Waals surface area contributed by atoms with Crippen LogP contribution in [0.4, 0.5) is 5.69 Å². The summed E-state index contributed by atoms with van der Waals surface area (Å²) < 4.78 is 26.4. The average molecular weight is 300 g/mol. The highest BCUT2D eigenvalue weighted by Gasteiger charge is 2.28. The van der Waals surface area contributed by atoms with Gasteiger partial charge in [0, 0.05) is 29.8 Å². The molecule has 0 aliphatic carbocycles. The molecule has 1 saturated heterocycles. The number of thioether (sulfide) groups is 1. The van der Waals surface area contributed by atoms with Crippen LogP contribution < -0.4 is 5.73 Å². The third-order valence-corrected chi connectivity index (χ3v) is 6.44. The van der Waals surface area contributed by atoms with E-state index in [0.717, 1.165) is 17.7 Å². The number of benzene rings is 1. The zero-order valence-electron chi connectivity index (χ0n) is 11.1. The van der Waals surface area contributed by atoms with Crippen molar-refractivity contribution in [3.63, 3.8) is 0 Å². The fourth-order valence-electron chi connectivity index (χ4n) is 2.18. The van der Waals surface area contributed by atoms with Crippen LogP contribution in [0.2, 0.25) is 0 Å². The van der Waals surface area contributed by atoms with Crippen molar-refractivity contribution in [3.8, 4) is 0 Å². The molecule has 1 heterocycles. The van der Waals surface area contributed by atoms with Crippen molar-refractivity contribution in [1.82, 2.24) is 4.31 Å². The Morgan fingerprint density at radius 3 is 2.95 bits per heavy atom. The molecule has 1 aliphatic heterocycles. The molecule has 1 atom stereocenters. The van der Waals surface area contributed by atoms with Crippen LogP contribution in [0.25, 0.3) is 0 Å². The van der Waals surface area contributed by atoms with Crippen LogP contribution in [-0.2, 0) is 15.8 Å². The van der Waals surface area contributed by atoms with Gasteiger partial charge < -0.3 is 5.73 Å². The van der Waals surface area contributed by atoms with Crippen molar-refractivity contribution in [1.29, 1.82) is 0 Å². The Labute approximate surface area is 119 Å². The van der Waals surface area contributed by atoms with Crippen LogP contribution in [0.3, 0.4) is 0 Å². The Bertz CT molecular complexity index is 531. The third kappa shape index (κ3) is 3.87. The highest BCUT2D eigenvalue weighted by Crippen LogP contribution is 2.24. The number of sulfonamides is 1. The SMILES string of the molecule is CCC1CN(S(=O)(=O)Cc2cccc(N)c2)CCS1. The Balaban J connectivity index is 2.09. The summed E-state index contributed by atoms with van der Waals surface area (Å²) in [5.74, 6) is 0.924. The quantitative estimate of drug-likeness (QED) is 0.863. The molecular formula is C13H20N2O2S2. The van der Waals surface area contributed by atoms with E-state index in [4.69, 9.17) is 5.73 Å². The topological polar surface area (TPSA) is 63.4 Å². The lowest BCUT2D eigenvalue weighted by Gasteiger charge is -2.31. The zero-order valence-corrected chi connectivity index (χ0v) is 12.7. The van der Waals surface area contributed by atoms with Gasteiger partial charge in [-0.15, -0.1) is 0 Å². The third-order valence-electron chi connectivity index (χ3n) is 3.25. The summed E-state index contributed by atoms with van der Waals surface area (Å²) in [6, 6.07) is 7.10. The predicted octanol–water partition coefficient (Wildman–Crippen LogP) is 1.93. The fourth-order valence-corrected chi connectivity index (χ4v) is 5.13. The molecule has 4 nitrogen and oxygen atoms in total. The molecule has 1 unspecified atom stereocenters. The minimum Gasteiger partial charge on any atom is -0.399 e. The molecule has 6 heteroatoms. The van der Waals surface area contributed by atoms with Crippen molar-refractivity contribution < 1.29 is 8.42 Å². The first-order valence-electron chi connectivity index (χ1n) is 6.45. The van der Waals surface area contributed by atoms with E-state index in [0.29, 0.717) is 24.0 Å². The Morgan fingerprint density at radius 1 is 1.47 bits per heavy atom. The van der Waals surface area contributed by atoms with Gasteiger partial charge in [-0.2, -0.15) is 16.1 Å². The van der Waals surface area contributed by atoms with Gasteiger partial charge in [-0.05, 0) is 24.1 Å². The lowest BCUT2D eigenvalue weighted by atomic mass is 10.2. The van der Waals surface area contributed by atoms with Gasteiger partial charge in [0.1, 0.15) is 0 Å². The van der Waals surface area contributed by atoms with Gasteiger partial charge in [-0.25, -0.2) is 8.42 Å². The Kier molecular flexibility index (Phi) is 4.76. The number of nitrogens with two attached hydrogens (primary N) is 1. The van der Waals surface area contributed by atoms with Crippen LogP contribution >= 0.6 is 11.8 Å². The number of nitrogens with zero attached hydrogens (tertiary/aromatic N) is 1. The molecule has 0 radical (unpaired) electrons. The first kappa shape index (κ1) is 14.7. The smallest absolute Gasteiger partial charge is 0.218 e. The van der Waals surface area contributed by atoms with Gasteiger partial charge >= 0.3 is 0 Å². The molecule has 2 rings (SSSR count). The van der Waals surface area contributed by atoms with E-state index >= 15 is 0 Å². The molecule has 1 aromatic carbocycles. The van der Waals surface area contributed by atoms with Gasteiger partial charge in [-0.3, -0.25) is 0 Å². The van der Waals surface area contributed by atoms with Crippen molar-refractivity contribution in [2.24, 2.45) is 0 Å². The monoisotopic (exact) mass is 300 g/mol. The van der Waals surface area contributed by atoms with Crippen molar-refractivity contribution in [3.05, 3.63) is 29.8 Å². The van der Waals surface area contributed by atoms with Crippen molar-refractivity contribution in [2.45, 2.75) is 24.3 Å². The number of hydrogen-bond acceptors (Lipinski definition) is 4. The van der Waals surface area contributed by atoms with E-state index in [-0.39, 0.29) is 5.75 Å². The molecular weight excluding hydrogens is 280 g/mol. The minimum absolute atomic E-state index is 0.0408. The minimum atomic E-state index is -3.23. The largest absolute Gasteiger partial charge is 0.399 e. The lowest BCUT2D eigenvalue weighted by molar-refractivity contribution is 0.415. The summed E-state index contributed by atoms with van der Waals surface area (Å²) in [4.78, 5) is 0. The molecule has 2 N–H and O–H groups in total. The second-order valence-electron chi connectivity index (χ2n) is 4.76. The molecule has 1 aliphatic rings. The maximum absolute atomic E-state index is 12.4. The molecule has 1 fully saturated rings. The second kappa shape index (κ2) is 6.15. The summed E-state index contributed by atoms with van der Waals surface area (Å²) in [6.45, 7) is 3.35. The molecule has 19 heavy (non-hydrogen) atoms. The van der Waals surface area contributed by atoms with E-state index in [2.05, 4.69) is 6.92 Å². The van der Waals surface area contributed by atoms with Gasteiger partial charge in [0.05, 0.1) is 5.75 Å². The van der Waals surface area contributed by atoms with Gasteiger partial charge in [0.2, 0.25) is 10.0 Å². The molecule has 0 amide bonds.